The number of alkyl halides is 3. The molecule has 1 atom stereocenters. The van der Waals surface area contributed by atoms with Crippen LogP contribution in [0.2, 0.25) is 0 Å². The first-order valence-electron chi connectivity index (χ1n) is 7.34. The Morgan fingerprint density at radius 3 is 2.79 bits per heavy atom. The lowest BCUT2D eigenvalue weighted by atomic mass is 10.1. The highest BCUT2D eigenvalue weighted by Gasteiger charge is 2.31. The molecule has 0 saturated carbocycles. The molecule has 1 aromatic heterocycles. The largest absolute Gasteiger partial charge is 0.480 e. The maximum atomic E-state index is 12.8. The number of rotatable bonds is 3. The lowest BCUT2D eigenvalue weighted by molar-refractivity contribution is -0.141. The summed E-state index contributed by atoms with van der Waals surface area (Å²) in [5, 5.41) is 13.3. The van der Waals surface area contributed by atoms with E-state index < -0.39 is 29.4 Å². The number of halogens is 3. The number of carboxylic acids is 1. The quantitative estimate of drug-likeness (QED) is 0.927. The smallest absolute Gasteiger partial charge is 0.416 e. The highest BCUT2D eigenvalue weighted by atomic mass is 19.4. The number of aliphatic carboxylic acids is 1. The van der Waals surface area contributed by atoms with Crippen LogP contribution in [0.5, 0.6) is 0 Å². The minimum atomic E-state index is -4.47. The Hall–Kier alpha value is -2.58. The van der Waals surface area contributed by atoms with Crippen molar-refractivity contribution in [3.63, 3.8) is 0 Å². The number of hydrogen-bond acceptors (Lipinski definition) is 3. The Morgan fingerprint density at radius 1 is 1.38 bits per heavy atom. The van der Waals surface area contributed by atoms with Gasteiger partial charge in [-0.2, -0.15) is 18.3 Å². The SMILES string of the molecule is O=C(O)[C@H]1CCCc2nn(Cc3cccc(C(F)(F)F)c3)c(=O)n21. The molecular weight excluding hydrogens is 327 g/mol. The lowest BCUT2D eigenvalue weighted by Gasteiger charge is -2.19. The first-order valence-corrected chi connectivity index (χ1v) is 7.34. The highest BCUT2D eigenvalue weighted by molar-refractivity contribution is 5.72. The Balaban J connectivity index is 1.95. The molecule has 0 unspecified atom stereocenters. The average molecular weight is 341 g/mol. The molecule has 0 fully saturated rings. The van der Waals surface area contributed by atoms with Gasteiger partial charge in [0.15, 0.2) is 0 Å². The minimum Gasteiger partial charge on any atom is -0.480 e. The van der Waals surface area contributed by atoms with Crippen molar-refractivity contribution in [3.8, 4) is 0 Å². The van der Waals surface area contributed by atoms with Crippen molar-refractivity contribution in [1.82, 2.24) is 14.3 Å². The molecule has 0 spiro atoms. The molecule has 24 heavy (non-hydrogen) atoms. The minimum absolute atomic E-state index is 0.144. The predicted octanol–water partition coefficient (Wildman–Crippen LogP) is 2.07. The molecule has 0 amide bonds. The van der Waals surface area contributed by atoms with E-state index in [-0.39, 0.29) is 12.1 Å². The maximum Gasteiger partial charge on any atom is 0.416 e. The molecule has 9 heteroatoms. The molecule has 1 aromatic carbocycles. The summed E-state index contributed by atoms with van der Waals surface area (Å²) in [6.07, 6.45) is -3.08. The number of aromatic nitrogens is 3. The van der Waals surface area contributed by atoms with Crippen LogP contribution in [0.1, 0.15) is 35.8 Å². The Kier molecular flexibility index (Phi) is 3.94. The van der Waals surface area contributed by atoms with E-state index in [0.29, 0.717) is 25.1 Å². The van der Waals surface area contributed by atoms with Crippen LogP contribution >= 0.6 is 0 Å². The molecule has 1 N–H and O–H groups in total. The summed E-state index contributed by atoms with van der Waals surface area (Å²) in [6, 6.07) is 3.66. The topological polar surface area (TPSA) is 77.1 Å². The zero-order valence-electron chi connectivity index (χ0n) is 12.5. The normalized spacial score (nSPS) is 17.5. The van der Waals surface area contributed by atoms with Crippen LogP contribution < -0.4 is 5.69 Å². The molecule has 0 aliphatic carbocycles. The number of benzene rings is 1. The second kappa shape index (κ2) is 5.81. The van der Waals surface area contributed by atoms with Crippen molar-refractivity contribution < 1.29 is 23.1 Å². The summed E-state index contributed by atoms with van der Waals surface area (Å²) < 4.78 is 40.4. The Labute approximate surface area is 134 Å². The third-order valence-electron chi connectivity index (χ3n) is 4.00. The van der Waals surface area contributed by atoms with Crippen molar-refractivity contribution in [1.29, 1.82) is 0 Å². The van der Waals surface area contributed by atoms with Gasteiger partial charge in [0.1, 0.15) is 11.9 Å². The van der Waals surface area contributed by atoms with Gasteiger partial charge in [0.2, 0.25) is 0 Å². The van der Waals surface area contributed by atoms with Crippen LogP contribution in [0.15, 0.2) is 29.1 Å². The van der Waals surface area contributed by atoms with Gasteiger partial charge in [0, 0.05) is 6.42 Å². The lowest BCUT2D eigenvalue weighted by Crippen LogP contribution is -2.34. The number of fused-ring (bicyclic) bond motifs is 1. The number of hydrogen-bond donors (Lipinski definition) is 1. The molecule has 2 aromatic rings. The van der Waals surface area contributed by atoms with Crippen molar-refractivity contribution in [3.05, 3.63) is 51.7 Å². The molecule has 6 nitrogen and oxygen atoms in total. The van der Waals surface area contributed by atoms with E-state index in [4.69, 9.17) is 0 Å². The van der Waals surface area contributed by atoms with E-state index in [1.165, 1.54) is 12.1 Å². The molecule has 0 saturated heterocycles. The van der Waals surface area contributed by atoms with Gasteiger partial charge in [0.05, 0.1) is 12.1 Å². The van der Waals surface area contributed by atoms with Gasteiger partial charge < -0.3 is 5.11 Å². The van der Waals surface area contributed by atoms with E-state index in [9.17, 15) is 27.9 Å². The van der Waals surface area contributed by atoms with E-state index in [1.54, 1.807) is 0 Å². The van der Waals surface area contributed by atoms with Gasteiger partial charge >= 0.3 is 17.8 Å². The fraction of sp³-hybridized carbons (Fsp3) is 0.400. The fourth-order valence-corrected chi connectivity index (χ4v) is 2.89. The highest BCUT2D eigenvalue weighted by Crippen LogP contribution is 2.29. The molecule has 2 heterocycles. The van der Waals surface area contributed by atoms with Crippen LogP contribution in [-0.2, 0) is 23.9 Å². The number of aryl methyl sites for hydroxylation is 1. The Bertz CT molecular complexity index is 838. The van der Waals surface area contributed by atoms with Crippen LogP contribution in [0.3, 0.4) is 0 Å². The molecule has 1 aliphatic heterocycles. The first kappa shape index (κ1) is 16.3. The number of carboxylic acid groups (broad SMARTS) is 1. The summed E-state index contributed by atoms with van der Waals surface area (Å²) in [5.41, 5.74) is -1.15. The fourth-order valence-electron chi connectivity index (χ4n) is 2.89. The van der Waals surface area contributed by atoms with E-state index in [1.807, 2.05) is 0 Å². The van der Waals surface area contributed by atoms with E-state index in [0.717, 1.165) is 21.4 Å². The van der Waals surface area contributed by atoms with Gasteiger partial charge in [-0.15, -0.1) is 0 Å². The van der Waals surface area contributed by atoms with Gasteiger partial charge in [0.25, 0.3) is 0 Å². The standard InChI is InChI=1S/C15H14F3N3O3/c16-15(17,18)10-4-1-3-9(7-10)8-20-14(24)21-11(13(22)23)5-2-6-12(21)19-20/h1,3-4,7,11H,2,5-6,8H2,(H,22,23)/t11-/m1/s1. The third-order valence-corrected chi connectivity index (χ3v) is 4.00. The van der Waals surface area contributed by atoms with Crippen molar-refractivity contribution >= 4 is 5.97 Å². The van der Waals surface area contributed by atoms with Gasteiger partial charge in [-0.1, -0.05) is 12.1 Å². The summed E-state index contributed by atoms with van der Waals surface area (Å²) in [4.78, 5) is 23.7. The predicted molar refractivity (Wildman–Crippen MR) is 76.6 cm³/mol. The third kappa shape index (κ3) is 2.93. The van der Waals surface area contributed by atoms with Crippen LogP contribution in [0.4, 0.5) is 13.2 Å². The second-order valence-electron chi connectivity index (χ2n) is 5.67. The van der Waals surface area contributed by atoms with Crippen molar-refractivity contribution in [2.75, 3.05) is 0 Å². The summed E-state index contributed by atoms with van der Waals surface area (Å²) in [7, 11) is 0. The van der Waals surface area contributed by atoms with Crippen molar-refractivity contribution in [2.45, 2.75) is 38.0 Å². The molecular formula is C15H14F3N3O3. The molecule has 1 aliphatic rings. The average Bonchev–Trinajstić information content (AvgIpc) is 2.83. The number of nitrogens with zero attached hydrogens (tertiary/aromatic N) is 3. The zero-order valence-corrected chi connectivity index (χ0v) is 12.5. The second-order valence-corrected chi connectivity index (χ2v) is 5.67. The monoisotopic (exact) mass is 341 g/mol. The summed E-state index contributed by atoms with van der Waals surface area (Å²) in [5.74, 6) is -0.762. The Morgan fingerprint density at radius 2 is 2.12 bits per heavy atom. The van der Waals surface area contributed by atoms with Crippen LogP contribution in [-0.4, -0.2) is 25.4 Å². The maximum absolute atomic E-state index is 12.8. The van der Waals surface area contributed by atoms with Crippen LogP contribution in [0.25, 0.3) is 0 Å². The molecule has 0 bridgehead atoms. The summed E-state index contributed by atoms with van der Waals surface area (Å²) >= 11 is 0. The van der Waals surface area contributed by atoms with Crippen LogP contribution in [0, 0.1) is 0 Å². The van der Waals surface area contributed by atoms with Crippen molar-refractivity contribution in [2.24, 2.45) is 0 Å². The molecule has 128 valence electrons. The van der Waals surface area contributed by atoms with Gasteiger partial charge in [-0.3, -0.25) is 4.57 Å². The molecule has 3 rings (SSSR count). The number of carbonyl (C=O) groups is 1. The summed E-state index contributed by atoms with van der Waals surface area (Å²) in [6.45, 7) is -0.144. The first-order chi connectivity index (χ1) is 11.3. The zero-order chi connectivity index (χ0) is 17.5. The van der Waals surface area contributed by atoms with E-state index in [2.05, 4.69) is 5.10 Å². The van der Waals surface area contributed by atoms with Gasteiger partial charge in [-0.25, -0.2) is 14.3 Å². The van der Waals surface area contributed by atoms with E-state index >= 15 is 0 Å². The molecule has 0 radical (unpaired) electrons. The van der Waals surface area contributed by atoms with Gasteiger partial charge in [-0.05, 0) is 30.5 Å².